The number of fused-ring (bicyclic) bond motifs is 18. The molecule has 57 heavy (non-hydrogen) atoms. The van der Waals surface area contributed by atoms with E-state index in [1.165, 1.54) is 23.6 Å². The van der Waals surface area contributed by atoms with Gasteiger partial charge in [0.15, 0.2) is 0 Å². The Bertz CT molecular complexity index is 2170. The number of thiophene rings is 1. The summed E-state index contributed by atoms with van der Waals surface area (Å²) in [7, 11) is 0. The third-order valence-electron chi connectivity index (χ3n) is 9.40. The smallest absolute Gasteiger partial charge is 0.326 e. The maximum atomic E-state index is 14.4. The molecule has 0 saturated heterocycles. The molecule has 2 aromatic heterocycles. The minimum atomic E-state index is -1.41. The maximum Gasteiger partial charge on any atom is 0.326 e. The van der Waals surface area contributed by atoms with Gasteiger partial charge in [0.1, 0.15) is 24.2 Å². The molecule has 14 heteroatoms. The van der Waals surface area contributed by atoms with E-state index in [0.717, 1.165) is 16.0 Å². The summed E-state index contributed by atoms with van der Waals surface area (Å²) in [5.41, 5.74) is 4.01. The van der Waals surface area contributed by atoms with E-state index in [9.17, 15) is 33.9 Å². The third kappa shape index (κ3) is 11.7. The summed E-state index contributed by atoms with van der Waals surface area (Å²) in [6.45, 7) is 0. The van der Waals surface area contributed by atoms with E-state index in [-0.39, 0.29) is 38.5 Å². The number of carboxylic acids is 1. The van der Waals surface area contributed by atoms with Gasteiger partial charge in [-0.05, 0) is 45.8 Å². The van der Waals surface area contributed by atoms with Crippen LogP contribution in [-0.4, -0.2) is 69.8 Å². The lowest BCUT2D eigenvalue weighted by atomic mass is 9.99. The van der Waals surface area contributed by atoms with E-state index in [4.69, 9.17) is 0 Å². The molecule has 292 valence electrons. The Morgan fingerprint density at radius 1 is 0.614 bits per heavy atom. The molecule has 0 saturated carbocycles. The van der Waals surface area contributed by atoms with Crippen molar-refractivity contribution >= 4 is 52.5 Å². The minimum absolute atomic E-state index is 0.0148. The number of aromatic nitrogens is 1. The molecule has 4 heterocycles. The summed E-state index contributed by atoms with van der Waals surface area (Å²) in [4.78, 5) is 86.0. The zero-order valence-electron chi connectivity index (χ0n) is 30.9. The second-order valence-electron chi connectivity index (χ2n) is 13.7. The second-order valence-corrected chi connectivity index (χ2v) is 14.7. The molecule has 13 nitrogen and oxygen atoms in total. The molecule has 4 unspecified atom stereocenters. The molecule has 2 aliphatic heterocycles. The summed E-state index contributed by atoms with van der Waals surface area (Å²) < 4.78 is 0. The van der Waals surface area contributed by atoms with Gasteiger partial charge in [-0.25, -0.2) is 4.79 Å². The monoisotopic (exact) mass is 786 g/mol. The largest absolute Gasteiger partial charge is 0.480 e. The summed E-state index contributed by atoms with van der Waals surface area (Å²) in [5.74, 6) is -4.43. The number of anilines is 1. The SMILES string of the molecule is O=C1CCC(=O)NC(Cc2cccs2)C(=O)NC(Cc2ccc(-c3ccccc3)cc2)C(=O)NC(Cc2ccccc2)C(=O)NC(C(=O)O)Cc2ccc(cn2)N1. The van der Waals surface area contributed by atoms with Crippen LogP contribution in [0.15, 0.2) is 121 Å². The number of aliphatic carboxylic acids is 1. The van der Waals surface area contributed by atoms with Gasteiger partial charge in [0, 0.05) is 49.1 Å². The zero-order chi connectivity index (χ0) is 40.1. The number of carboxylic acid groups (broad SMARTS) is 1. The van der Waals surface area contributed by atoms with E-state index in [1.54, 1.807) is 30.3 Å². The number of benzene rings is 3. The first-order valence-corrected chi connectivity index (χ1v) is 19.4. The zero-order valence-corrected chi connectivity index (χ0v) is 31.7. The van der Waals surface area contributed by atoms with Crippen LogP contribution >= 0.6 is 11.3 Å². The highest BCUT2D eigenvalue weighted by Gasteiger charge is 2.32. The Morgan fingerprint density at radius 3 is 1.79 bits per heavy atom. The fraction of sp³-hybridized carbons (Fsp3) is 0.233. The van der Waals surface area contributed by atoms with Gasteiger partial charge >= 0.3 is 5.97 Å². The highest BCUT2D eigenvalue weighted by atomic mass is 32.1. The first-order valence-electron chi connectivity index (χ1n) is 18.5. The van der Waals surface area contributed by atoms with E-state index in [0.29, 0.717) is 22.5 Å². The molecule has 3 aromatic carbocycles. The van der Waals surface area contributed by atoms with Crippen molar-refractivity contribution in [2.75, 3.05) is 5.32 Å². The molecular formula is C43H42N6O7S. The number of carbonyl (C=O) groups is 6. The van der Waals surface area contributed by atoms with Gasteiger partial charge in [-0.2, -0.15) is 0 Å². The normalized spacial score (nSPS) is 19.9. The molecule has 5 aromatic rings. The van der Waals surface area contributed by atoms with Crippen molar-refractivity contribution in [1.82, 2.24) is 26.3 Å². The van der Waals surface area contributed by atoms with Crippen LogP contribution in [0.1, 0.15) is 34.5 Å². The molecule has 2 aliphatic rings. The third-order valence-corrected chi connectivity index (χ3v) is 10.3. The molecule has 4 atom stereocenters. The van der Waals surface area contributed by atoms with Crippen LogP contribution in [0.25, 0.3) is 11.1 Å². The predicted molar refractivity (Wildman–Crippen MR) is 215 cm³/mol. The Balaban J connectivity index is 1.34. The second kappa shape index (κ2) is 19.3. The van der Waals surface area contributed by atoms with Crippen LogP contribution in [0.2, 0.25) is 0 Å². The number of rotatable bonds is 8. The average molecular weight is 787 g/mol. The van der Waals surface area contributed by atoms with Crippen molar-refractivity contribution in [3.05, 3.63) is 142 Å². The van der Waals surface area contributed by atoms with Crippen LogP contribution in [0.3, 0.4) is 0 Å². The lowest BCUT2D eigenvalue weighted by molar-refractivity contribution is -0.142. The molecule has 0 fully saturated rings. The van der Waals surface area contributed by atoms with Crippen LogP contribution in [0.5, 0.6) is 0 Å². The number of hydrogen-bond acceptors (Lipinski definition) is 8. The standard InChI is InChI=1S/C43H42N6O7S/c50-38-19-20-39(51)46-36(25-33-12-7-21-57-33)42(54)48-35(23-28-13-15-30(16-14-28)29-10-5-2-6-11-29)40(52)47-34(22-27-8-3-1-4-9-27)41(53)49-37(43(55)56)24-31-17-18-32(45-38)26-44-31/h1-18,21,26,34-37H,19-20,22-25H2,(H,45,50)(H,46,51)(H,47,52)(H,48,54)(H,49,53)(H,55,56). The fourth-order valence-corrected chi connectivity index (χ4v) is 7.12. The van der Waals surface area contributed by atoms with Gasteiger partial charge in [-0.1, -0.05) is 91.0 Å². The molecule has 0 radical (unpaired) electrons. The number of nitrogens with zero attached hydrogens (tertiary/aromatic N) is 1. The lowest BCUT2D eigenvalue weighted by Gasteiger charge is -2.26. The number of hydrogen-bond donors (Lipinski definition) is 6. The van der Waals surface area contributed by atoms with Gasteiger partial charge in [0.05, 0.1) is 11.9 Å². The van der Waals surface area contributed by atoms with E-state index in [1.807, 2.05) is 78.2 Å². The van der Waals surface area contributed by atoms with E-state index < -0.39 is 59.7 Å². The molecule has 5 amide bonds. The van der Waals surface area contributed by atoms with Crippen LogP contribution < -0.4 is 26.6 Å². The quantitative estimate of drug-likeness (QED) is 0.128. The van der Waals surface area contributed by atoms with Gasteiger partial charge in [0.2, 0.25) is 29.5 Å². The molecule has 6 N–H and O–H groups in total. The first kappa shape index (κ1) is 40.0. The predicted octanol–water partition coefficient (Wildman–Crippen LogP) is 3.84. The summed E-state index contributed by atoms with van der Waals surface area (Å²) in [5, 5.41) is 25.6. The van der Waals surface area contributed by atoms with Crippen molar-refractivity contribution in [3.63, 3.8) is 0 Å². The van der Waals surface area contributed by atoms with Gasteiger partial charge in [-0.3, -0.25) is 29.0 Å². The minimum Gasteiger partial charge on any atom is -0.480 e. The van der Waals surface area contributed by atoms with Crippen LogP contribution in [0, 0.1) is 0 Å². The number of nitrogens with one attached hydrogen (secondary N) is 5. The summed E-state index contributed by atoms with van der Waals surface area (Å²) >= 11 is 1.40. The van der Waals surface area contributed by atoms with E-state index >= 15 is 0 Å². The molecule has 0 spiro atoms. The van der Waals surface area contributed by atoms with E-state index in [2.05, 4.69) is 31.6 Å². The number of pyridine rings is 1. The van der Waals surface area contributed by atoms with Crippen LogP contribution in [0.4, 0.5) is 5.69 Å². The van der Waals surface area contributed by atoms with Crippen molar-refractivity contribution in [3.8, 4) is 11.1 Å². The van der Waals surface area contributed by atoms with Crippen molar-refractivity contribution in [2.24, 2.45) is 0 Å². The van der Waals surface area contributed by atoms with Crippen molar-refractivity contribution < 1.29 is 33.9 Å². The lowest BCUT2D eigenvalue weighted by Crippen LogP contribution is -2.59. The summed E-state index contributed by atoms with van der Waals surface area (Å²) in [6, 6.07) is 27.9. The Hall–Kier alpha value is -6.67. The average Bonchev–Trinajstić information content (AvgIpc) is 3.73. The van der Waals surface area contributed by atoms with Crippen molar-refractivity contribution in [2.45, 2.75) is 62.7 Å². The first-order chi connectivity index (χ1) is 27.6. The molecule has 2 bridgehead atoms. The highest BCUT2D eigenvalue weighted by Crippen LogP contribution is 2.20. The van der Waals surface area contributed by atoms with Crippen LogP contribution in [-0.2, 0) is 54.5 Å². The molecular weight excluding hydrogens is 745 g/mol. The van der Waals surface area contributed by atoms with Gasteiger partial charge in [-0.15, -0.1) is 11.3 Å². The topological polar surface area (TPSA) is 196 Å². The number of carbonyl (C=O) groups excluding carboxylic acids is 5. The Morgan fingerprint density at radius 2 is 1.19 bits per heavy atom. The van der Waals surface area contributed by atoms with Gasteiger partial charge in [0.25, 0.3) is 0 Å². The fourth-order valence-electron chi connectivity index (χ4n) is 6.37. The summed E-state index contributed by atoms with van der Waals surface area (Å²) in [6.07, 6.45) is 0.900. The van der Waals surface area contributed by atoms with Gasteiger partial charge < -0.3 is 31.7 Å². The maximum absolute atomic E-state index is 14.4. The Kier molecular flexibility index (Phi) is 13.5. The number of amides is 5. The molecule has 0 aliphatic carbocycles. The Labute approximate surface area is 333 Å². The highest BCUT2D eigenvalue weighted by molar-refractivity contribution is 7.09. The van der Waals surface area contributed by atoms with Crippen molar-refractivity contribution in [1.29, 1.82) is 0 Å². The molecule has 7 rings (SSSR count).